The van der Waals surface area contributed by atoms with Crippen molar-refractivity contribution in [1.29, 1.82) is 0 Å². The minimum Gasteiger partial charge on any atom is -0.378 e. The molecule has 3 fully saturated rings. The Morgan fingerprint density at radius 1 is 1.03 bits per heavy atom. The van der Waals surface area contributed by atoms with E-state index < -0.39 is 23.8 Å². The van der Waals surface area contributed by atoms with Gasteiger partial charge in [-0.15, -0.1) is 10.2 Å². The molecule has 316 valence electrons. The topological polar surface area (TPSA) is 157 Å². The zero-order valence-corrected chi connectivity index (χ0v) is 36.2. The van der Waals surface area contributed by atoms with Gasteiger partial charge in [-0.2, -0.15) is 5.10 Å². The highest BCUT2D eigenvalue weighted by atomic mass is 35.5. The molecule has 4 aliphatic rings. The third kappa shape index (κ3) is 9.68. The fourth-order valence-electron chi connectivity index (χ4n) is 8.34. The van der Waals surface area contributed by atoms with Gasteiger partial charge in [0.2, 0.25) is 23.6 Å². The molecule has 16 heteroatoms. The Labute approximate surface area is 360 Å². The van der Waals surface area contributed by atoms with Crippen LogP contribution in [0.5, 0.6) is 0 Å². The minimum absolute atomic E-state index is 0.124. The van der Waals surface area contributed by atoms with Crippen molar-refractivity contribution in [3.63, 3.8) is 0 Å². The van der Waals surface area contributed by atoms with Gasteiger partial charge in [0.05, 0.1) is 40.1 Å². The summed E-state index contributed by atoms with van der Waals surface area (Å²) < 4.78 is 10.2. The number of allylic oxidation sites excluding steroid dienone is 2. The number of thioether (sulfide) groups is 1. The number of carbonyl (C=O) groups excluding carboxylic acids is 4. The van der Waals surface area contributed by atoms with E-state index in [4.69, 9.17) is 21.3 Å². The van der Waals surface area contributed by atoms with E-state index in [1.165, 1.54) is 11.8 Å². The molecule has 0 aliphatic carbocycles. The molecule has 6 heterocycles. The Morgan fingerprint density at radius 3 is 2.53 bits per heavy atom. The largest absolute Gasteiger partial charge is 0.378 e. The molecule has 1 N–H and O–H groups in total. The number of halogens is 1. The zero-order valence-electron chi connectivity index (χ0n) is 34.7. The molecule has 0 saturated carbocycles. The summed E-state index contributed by atoms with van der Waals surface area (Å²) in [6, 6.07) is 6.66. The van der Waals surface area contributed by atoms with Gasteiger partial charge in [-0.3, -0.25) is 43.6 Å². The van der Waals surface area contributed by atoms with Gasteiger partial charge in [-0.05, 0) is 64.5 Å². The molecule has 4 amide bonds. The predicted octanol–water partition coefficient (Wildman–Crippen LogP) is 5.96. The summed E-state index contributed by atoms with van der Waals surface area (Å²) in [5, 5.41) is 17.3. The molecule has 3 saturated heterocycles. The van der Waals surface area contributed by atoms with Crippen LogP contribution in [0.1, 0.15) is 101 Å². The summed E-state index contributed by atoms with van der Waals surface area (Å²) in [5.41, 5.74) is 3.77. The molecule has 1 aromatic carbocycles. The second kappa shape index (κ2) is 19.2. The van der Waals surface area contributed by atoms with Gasteiger partial charge in [0.1, 0.15) is 17.9 Å². The predicted molar refractivity (Wildman–Crippen MR) is 230 cm³/mol. The SMILES string of the molecule is C=C(C#Cc1cnn(CCN2CCC(OCCCCC3C(=O)N(C4CCC(=O)NC4=O)C(=O)C3C)CC2)c1)SC1=C(CC)C(c2ccc(Cl)cc2)=N[C@@H](C)c2nnc(C)n21. The number of nitrogens with one attached hydrogen (secondary N) is 1. The minimum atomic E-state index is -0.895. The highest BCUT2D eigenvalue weighted by Gasteiger charge is 2.50. The molecule has 0 spiro atoms. The second-order valence-corrected chi connectivity index (χ2v) is 17.3. The van der Waals surface area contributed by atoms with Crippen LogP contribution < -0.4 is 5.32 Å². The van der Waals surface area contributed by atoms with Gasteiger partial charge in [0.25, 0.3) is 0 Å². The van der Waals surface area contributed by atoms with Crippen molar-refractivity contribution in [2.45, 2.75) is 104 Å². The summed E-state index contributed by atoms with van der Waals surface area (Å²) in [6.45, 7) is 16.3. The van der Waals surface area contributed by atoms with Crippen LogP contribution in [0, 0.1) is 30.6 Å². The monoisotopic (exact) mass is 853 g/mol. The number of fused-ring (bicyclic) bond motifs is 1. The zero-order chi connectivity index (χ0) is 42.5. The third-order valence-electron chi connectivity index (χ3n) is 11.7. The maximum Gasteiger partial charge on any atom is 0.249 e. The van der Waals surface area contributed by atoms with Gasteiger partial charge in [0, 0.05) is 66.9 Å². The lowest BCUT2D eigenvalue weighted by molar-refractivity contribution is -0.151. The van der Waals surface area contributed by atoms with E-state index in [2.05, 4.69) is 55.4 Å². The number of aromatic nitrogens is 5. The van der Waals surface area contributed by atoms with E-state index >= 15 is 0 Å². The van der Waals surface area contributed by atoms with E-state index in [1.807, 2.05) is 49.0 Å². The van der Waals surface area contributed by atoms with Crippen LogP contribution in [0.25, 0.3) is 5.03 Å². The van der Waals surface area contributed by atoms with Crippen LogP contribution in [0.3, 0.4) is 0 Å². The first kappa shape index (κ1) is 43.2. The van der Waals surface area contributed by atoms with Gasteiger partial charge in [0.15, 0.2) is 5.82 Å². The lowest BCUT2D eigenvalue weighted by Gasteiger charge is -2.31. The molecule has 7 rings (SSSR count). The van der Waals surface area contributed by atoms with E-state index in [9.17, 15) is 19.2 Å². The number of piperidine rings is 2. The number of aliphatic imine (C=N–C) groups is 1. The normalized spacial score (nSPS) is 22.7. The van der Waals surface area contributed by atoms with Gasteiger partial charge < -0.3 is 9.64 Å². The average molecular weight is 854 g/mol. The number of imide groups is 2. The highest BCUT2D eigenvalue weighted by Crippen LogP contribution is 2.40. The smallest absolute Gasteiger partial charge is 0.249 e. The Balaban J connectivity index is 0.847. The second-order valence-electron chi connectivity index (χ2n) is 15.8. The molecule has 4 aliphatic heterocycles. The maximum absolute atomic E-state index is 13.2. The molecule has 14 nitrogen and oxygen atoms in total. The summed E-state index contributed by atoms with van der Waals surface area (Å²) in [5.74, 6) is 5.57. The maximum atomic E-state index is 13.2. The molecule has 3 aromatic rings. The van der Waals surface area contributed by atoms with Gasteiger partial charge >= 0.3 is 0 Å². The average Bonchev–Trinajstić information content (AvgIpc) is 3.89. The number of likely N-dealkylation sites (tertiary alicyclic amines) is 2. The number of hydrogen-bond donors (Lipinski definition) is 1. The number of benzene rings is 1. The number of unbranched alkanes of at least 4 members (excludes halogenated alkanes) is 1. The molecule has 4 atom stereocenters. The first-order chi connectivity index (χ1) is 28.9. The molecule has 3 unspecified atom stereocenters. The summed E-state index contributed by atoms with van der Waals surface area (Å²) in [6.07, 6.45) is 9.00. The number of rotatable bonds is 14. The van der Waals surface area contributed by atoms with Crippen molar-refractivity contribution in [3.05, 3.63) is 81.5 Å². The van der Waals surface area contributed by atoms with Gasteiger partial charge in [-0.25, -0.2) is 0 Å². The number of nitrogens with zero attached hydrogens (tertiary/aromatic N) is 8. The van der Waals surface area contributed by atoms with E-state index in [0.717, 1.165) is 102 Å². The lowest BCUT2D eigenvalue weighted by atomic mass is 9.92. The molecular formula is C44H52ClN9O5S. The molecule has 0 bridgehead atoms. The fourth-order valence-corrected chi connectivity index (χ4v) is 9.49. The fraction of sp³-hybridized carbons (Fsp3) is 0.500. The Hall–Kier alpha value is -4.88. The van der Waals surface area contributed by atoms with Crippen molar-refractivity contribution in [2.24, 2.45) is 16.8 Å². The van der Waals surface area contributed by atoms with Crippen LogP contribution in [-0.2, 0) is 30.5 Å². The summed E-state index contributed by atoms with van der Waals surface area (Å²) >= 11 is 7.73. The summed E-state index contributed by atoms with van der Waals surface area (Å²) in [7, 11) is 0. The van der Waals surface area contributed by atoms with Crippen molar-refractivity contribution >= 4 is 57.7 Å². The quantitative estimate of drug-likeness (QED) is 0.117. The van der Waals surface area contributed by atoms with Crippen molar-refractivity contribution in [3.8, 4) is 11.8 Å². The van der Waals surface area contributed by atoms with Crippen LogP contribution in [0.15, 0.2) is 58.7 Å². The number of aryl methyl sites for hydroxylation is 1. The number of carbonyl (C=O) groups is 4. The third-order valence-corrected chi connectivity index (χ3v) is 12.9. The van der Waals surface area contributed by atoms with E-state index in [1.54, 1.807) is 13.1 Å². The van der Waals surface area contributed by atoms with Gasteiger partial charge in [-0.1, -0.05) is 74.2 Å². The van der Waals surface area contributed by atoms with Crippen molar-refractivity contribution < 1.29 is 23.9 Å². The van der Waals surface area contributed by atoms with Crippen molar-refractivity contribution in [2.75, 3.05) is 26.2 Å². The Kier molecular flexibility index (Phi) is 13.8. The van der Waals surface area contributed by atoms with Crippen LogP contribution >= 0.6 is 23.4 Å². The Morgan fingerprint density at radius 2 is 1.80 bits per heavy atom. The van der Waals surface area contributed by atoms with Crippen molar-refractivity contribution in [1.82, 2.24) is 39.7 Å². The van der Waals surface area contributed by atoms with Crippen LogP contribution in [0.4, 0.5) is 0 Å². The summed E-state index contributed by atoms with van der Waals surface area (Å²) in [4.78, 5) is 59.3. The van der Waals surface area contributed by atoms with Crippen LogP contribution in [-0.4, -0.2) is 102 Å². The standard InChI is InChI=1S/C44H52ClN9O5S/c1-6-35-39(32-12-14-33(45)15-13-32)47-29(4)40-50-49-30(5)53(40)44(35)60-27(2)10-11-31-25-46-52(26-31)23-22-51-20-18-34(19-21-51)59-24-8-7-9-36-28(3)42(57)54(43(36)58)37-16-17-38(55)48-41(37)56/h12-15,25-26,28-29,34,36-37H,2,6-9,16-24H2,1,3-5H3,(H,48,55,56)/t28?,29-,36?,37?/m0/s1. The molecule has 0 radical (unpaired) electrons. The molecular weight excluding hydrogens is 802 g/mol. The molecule has 2 aromatic heterocycles. The lowest BCUT2D eigenvalue weighted by Crippen LogP contribution is -2.54. The first-order valence-corrected chi connectivity index (χ1v) is 22.1. The highest BCUT2D eigenvalue weighted by molar-refractivity contribution is 8.11. The van der Waals surface area contributed by atoms with E-state index in [0.29, 0.717) is 23.0 Å². The number of hydrogen-bond acceptors (Lipinski definition) is 11. The number of ether oxygens (including phenoxy) is 1. The Bertz CT molecular complexity index is 2260. The number of amides is 4. The van der Waals surface area contributed by atoms with E-state index in [-0.39, 0.29) is 42.7 Å². The van der Waals surface area contributed by atoms with Crippen LogP contribution in [0.2, 0.25) is 5.02 Å². The molecule has 60 heavy (non-hydrogen) atoms. The first-order valence-electron chi connectivity index (χ1n) is 20.9.